The van der Waals surface area contributed by atoms with Gasteiger partial charge in [-0.15, -0.1) is 0 Å². The third-order valence-corrected chi connectivity index (χ3v) is 14.2. The average Bonchev–Trinajstić information content (AvgIpc) is 3.46. The van der Waals surface area contributed by atoms with Crippen molar-refractivity contribution in [2.45, 2.75) is 77.8 Å². The van der Waals surface area contributed by atoms with Gasteiger partial charge in [0.05, 0.1) is 32.4 Å². The highest BCUT2D eigenvalue weighted by molar-refractivity contribution is 8.76. The van der Waals surface area contributed by atoms with Gasteiger partial charge in [0, 0.05) is 79.4 Å². The van der Waals surface area contributed by atoms with Gasteiger partial charge in [0.25, 0.3) is 5.91 Å². The Balaban J connectivity index is 1.37. The minimum absolute atomic E-state index is 0.0706. The van der Waals surface area contributed by atoms with Crippen LogP contribution in [0.15, 0.2) is 36.4 Å². The molecule has 52 heavy (non-hydrogen) atoms. The Morgan fingerprint density at radius 1 is 1.17 bits per heavy atom. The van der Waals surface area contributed by atoms with E-state index in [1.165, 1.54) is 6.42 Å². The molecule has 0 unspecified atom stereocenters. The van der Waals surface area contributed by atoms with E-state index in [2.05, 4.69) is 31.4 Å². The van der Waals surface area contributed by atoms with Crippen LogP contribution in [0.5, 0.6) is 5.75 Å². The number of amides is 2. The van der Waals surface area contributed by atoms with E-state index in [-0.39, 0.29) is 37.4 Å². The van der Waals surface area contributed by atoms with Crippen molar-refractivity contribution in [3.63, 3.8) is 0 Å². The lowest BCUT2D eigenvalue weighted by molar-refractivity contribution is -0.180. The summed E-state index contributed by atoms with van der Waals surface area (Å²) in [6.45, 7) is 9.78. The molecule has 8 atom stereocenters. The number of para-hydroxylation sites is 1. The molecular formula is C39H59N5O6S2. The van der Waals surface area contributed by atoms with E-state index in [0.717, 1.165) is 40.3 Å². The molecule has 3 aliphatic carbocycles. The Morgan fingerprint density at radius 2 is 1.92 bits per heavy atom. The molecule has 0 spiro atoms. The van der Waals surface area contributed by atoms with Gasteiger partial charge in [-0.2, -0.15) is 5.06 Å². The Labute approximate surface area is 317 Å². The molecule has 6 N–H and O–H groups in total. The topological polar surface area (TPSA) is 150 Å². The lowest BCUT2D eigenvalue weighted by Crippen LogP contribution is -2.61. The van der Waals surface area contributed by atoms with Crippen LogP contribution in [0.4, 0.5) is 5.69 Å². The summed E-state index contributed by atoms with van der Waals surface area (Å²) < 4.78 is 6.05. The highest BCUT2D eigenvalue weighted by Crippen LogP contribution is 2.61. The number of hydrogen-bond donors (Lipinski definition) is 5. The first-order valence-electron chi connectivity index (χ1n) is 18.5. The fraction of sp³-hybridized carbons (Fsp3) is 0.641. The SMILES string of the molecule is COc1c(CN2O[C@@H](CO)[C@@H]([C@H](C)O)[C@H]2CC(=O)N[C@H]2C[C@H]3C[C@@H]([C@@H]2C)C3(C)C)cccc1-c1cc(C(=O)NCCSSCCN)cc(N(C)C)c1. The third-order valence-electron chi connectivity index (χ3n) is 11.7. The summed E-state index contributed by atoms with van der Waals surface area (Å²) in [4.78, 5) is 35.3. The van der Waals surface area contributed by atoms with E-state index in [4.69, 9.17) is 15.3 Å². The maximum atomic E-state index is 13.7. The summed E-state index contributed by atoms with van der Waals surface area (Å²) in [6.07, 6.45) is 0.873. The highest BCUT2D eigenvalue weighted by Gasteiger charge is 2.56. The molecule has 1 saturated heterocycles. The average molecular weight is 758 g/mol. The number of hydrogen-bond acceptors (Lipinski definition) is 11. The molecule has 2 bridgehead atoms. The first kappa shape index (κ1) is 40.7. The maximum Gasteiger partial charge on any atom is 0.251 e. The lowest BCUT2D eigenvalue weighted by atomic mass is 9.45. The van der Waals surface area contributed by atoms with Crippen molar-refractivity contribution in [2.24, 2.45) is 34.8 Å². The summed E-state index contributed by atoms with van der Waals surface area (Å²) in [6, 6.07) is 11.3. The molecule has 288 valence electrons. The molecule has 11 nitrogen and oxygen atoms in total. The monoisotopic (exact) mass is 757 g/mol. The summed E-state index contributed by atoms with van der Waals surface area (Å²) in [5.74, 6) is 3.18. The van der Waals surface area contributed by atoms with Crippen molar-refractivity contribution in [2.75, 3.05) is 57.3 Å². The Hall–Kier alpha value is -2.52. The Bertz CT molecular complexity index is 1540. The fourth-order valence-electron chi connectivity index (χ4n) is 8.71. The van der Waals surface area contributed by atoms with Gasteiger partial charge in [0.2, 0.25) is 5.91 Å². The highest BCUT2D eigenvalue weighted by atomic mass is 33.1. The van der Waals surface area contributed by atoms with Gasteiger partial charge in [0.15, 0.2) is 0 Å². The largest absolute Gasteiger partial charge is 0.496 e. The minimum atomic E-state index is -0.808. The predicted molar refractivity (Wildman–Crippen MR) is 211 cm³/mol. The number of aliphatic hydroxyl groups excluding tert-OH is 2. The van der Waals surface area contributed by atoms with Crippen molar-refractivity contribution in [3.05, 3.63) is 47.5 Å². The summed E-state index contributed by atoms with van der Waals surface area (Å²) in [5.41, 5.74) is 9.74. The minimum Gasteiger partial charge on any atom is -0.496 e. The number of carbonyl (C=O) groups is 2. The first-order chi connectivity index (χ1) is 24.8. The molecule has 0 aromatic heterocycles. The second-order valence-electron chi connectivity index (χ2n) is 15.5. The van der Waals surface area contributed by atoms with Crippen LogP contribution in [0.1, 0.15) is 62.9 Å². The standard InChI is InChI=1S/C39H59N5O6S2/c1-23-31-18-28(39(31,3)4)19-32(23)42-35(47)20-33-36(24(2)46)34(22-45)50-44(33)21-25-9-8-10-30(37(25)49-7)26-15-27(17-29(16-26)43(5)6)38(48)41-12-14-52-51-13-11-40/h8-10,15-17,23-24,28,31-34,36,45-46H,11-14,18-22,40H2,1-7H3,(H,41,48)(H,42,47)/t23-,24-,28+,31-,32-,33+,34-,36-/m0/s1. The molecule has 2 amide bonds. The number of fused-ring (bicyclic) bond motifs is 2. The lowest BCUT2D eigenvalue weighted by Gasteiger charge is -2.62. The number of aliphatic hydroxyl groups is 2. The number of carbonyl (C=O) groups excluding carboxylic acids is 2. The zero-order valence-corrected chi connectivity index (χ0v) is 33.4. The van der Waals surface area contributed by atoms with Gasteiger partial charge < -0.3 is 36.2 Å². The van der Waals surface area contributed by atoms with E-state index in [1.54, 1.807) is 40.7 Å². The molecule has 1 aliphatic heterocycles. The van der Waals surface area contributed by atoms with E-state index >= 15 is 0 Å². The number of anilines is 1. The zero-order valence-electron chi connectivity index (χ0n) is 31.8. The molecular weight excluding hydrogens is 699 g/mol. The zero-order chi connectivity index (χ0) is 37.7. The van der Waals surface area contributed by atoms with Gasteiger partial charge in [0.1, 0.15) is 11.9 Å². The van der Waals surface area contributed by atoms with Crippen molar-refractivity contribution in [1.29, 1.82) is 0 Å². The number of hydroxylamine groups is 2. The maximum absolute atomic E-state index is 13.7. The van der Waals surface area contributed by atoms with Crippen LogP contribution in [-0.4, -0.2) is 104 Å². The van der Waals surface area contributed by atoms with Crippen molar-refractivity contribution in [3.8, 4) is 16.9 Å². The molecule has 6 rings (SSSR count). The van der Waals surface area contributed by atoms with Crippen LogP contribution >= 0.6 is 21.6 Å². The smallest absolute Gasteiger partial charge is 0.251 e. The second kappa shape index (κ2) is 17.7. The summed E-state index contributed by atoms with van der Waals surface area (Å²) >= 11 is 0. The normalized spacial score (nSPS) is 27.1. The number of rotatable bonds is 17. The molecule has 0 radical (unpaired) electrons. The molecule has 3 saturated carbocycles. The molecule has 2 aromatic rings. The van der Waals surface area contributed by atoms with Crippen molar-refractivity contribution in [1.82, 2.24) is 15.7 Å². The number of ether oxygens (including phenoxy) is 1. The Morgan fingerprint density at radius 3 is 2.56 bits per heavy atom. The molecule has 1 heterocycles. The van der Waals surface area contributed by atoms with E-state index < -0.39 is 24.2 Å². The number of benzene rings is 2. The van der Waals surface area contributed by atoms with Crippen LogP contribution in [0.25, 0.3) is 11.1 Å². The summed E-state index contributed by atoms with van der Waals surface area (Å²) in [7, 11) is 8.89. The molecule has 2 aromatic carbocycles. The van der Waals surface area contributed by atoms with Gasteiger partial charge >= 0.3 is 0 Å². The Kier molecular flexibility index (Phi) is 13.9. The molecule has 4 aliphatic rings. The van der Waals surface area contributed by atoms with Crippen LogP contribution in [-0.2, 0) is 16.2 Å². The van der Waals surface area contributed by atoms with Gasteiger partial charge in [-0.3, -0.25) is 14.4 Å². The van der Waals surface area contributed by atoms with Gasteiger partial charge in [-0.25, -0.2) is 0 Å². The van der Waals surface area contributed by atoms with E-state index in [9.17, 15) is 19.8 Å². The number of nitrogens with one attached hydrogen (secondary N) is 2. The number of nitrogens with zero attached hydrogens (tertiary/aromatic N) is 2. The fourth-order valence-corrected chi connectivity index (χ4v) is 10.5. The molecule has 13 heteroatoms. The number of nitrogens with two attached hydrogens (primary N) is 1. The van der Waals surface area contributed by atoms with Crippen molar-refractivity contribution >= 4 is 39.1 Å². The number of methoxy groups -OCH3 is 1. The third kappa shape index (κ3) is 8.88. The van der Waals surface area contributed by atoms with Crippen molar-refractivity contribution < 1.29 is 29.4 Å². The molecule has 4 fully saturated rings. The predicted octanol–water partition coefficient (Wildman–Crippen LogP) is 4.55. The first-order valence-corrected chi connectivity index (χ1v) is 21.0. The quantitative estimate of drug-likeness (QED) is 0.114. The second-order valence-corrected chi connectivity index (χ2v) is 18.2. The van der Waals surface area contributed by atoms with Crippen LogP contribution in [0, 0.1) is 29.1 Å². The van der Waals surface area contributed by atoms with E-state index in [0.29, 0.717) is 47.6 Å². The summed E-state index contributed by atoms with van der Waals surface area (Å²) in [5, 5.41) is 29.3. The van der Waals surface area contributed by atoms with Crippen LogP contribution in [0.2, 0.25) is 0 Å². The van der Waals surface area contributed by atoms with Crippen LogP contribution < -0.4 is 26.0 Å². The van der Waals surface area contributed by atoms with E-state index in [1.807, 2.05) is 55.4 Å². The van der Waals surface area contributed by atoms with Crippen LogP contribution in [0.3, 0.4) is 0 Å². The van der Waals surface area contributed by atoms with Gasteiger partial charge in [-0.05, 0) is 66.7 Å². The van der Waals surface area contributed by atoms with Gasteiger partial charge in [-0.1, -0.05) is 60.6 Å².